The minimum Gasteiger partial charge on any atom is -0.411 e. The normalized spacial score (nSPS) is 11.2. The fraction of sp³-hybridized carbons (Fsp3) is 0.125. The number of nitrogens with zero attached hydrogens (tertiary/aromatic N) is 2. The predicted octanol–water partition coefficient (Wildman–Crippen LogP) is 2.00. The van der Waals surface area contributed by atoms with Crippen molar-refractivity contribution >= 4 is 35.1 Å². The third-order valence-corrected chi connectivity index (χ3v) is 2.52. The zero-order chi connectivity index (χ0) is 9.52. The monoisotopic (exact) mass is 212 g/mol. The van der Waals surface area contributed by atoms with Crippen LogP contribution >= 0.6 is 24.0 Å². The van der Waals surface area contributed by atoms with Gasteiger partial charge in [0.25, 0.3) is 0 Å². The summed E-state index contributed by atoms with van der Waals surface area (Å²) in [5.74, 6) is 0.539. The van der Waals surface area contributed by atoms with E-state index in [0.29, 0.717) is 11.5 Å². The lowest BCUT2D eigenvalue weighted by molar-refractivity contribution is 0.320. The number of thiocarbonyl (C=S) groups is 1. The lowest BCUT2D eigenvalue weighted by Crippen LogP contribution is -2.01. The van der Waals surface area contributed by atoms with Crippen molar-refractivity contribution < 1.29 is 5.21 Å². The molecule has 1 N–H and O–H groups in total. The van der Waals surface area contributed by atoms with Gasteiger partial charge in [-0.1, -0.05) is 35.2 Å². The van der Waals surface area contributed by atoms with Crippen molar-refractivity contribution in [2.75, 3.05) is 5.75 Å². The van der Waals surface area contributed by atoms with Crippen LogP contribution in [0.1, 0.15) is 0 Å². The number of aromatic nitrogens is 1. The number of hydrogen-bond acceptors (Lipinski definition) is 5. The largest absolute Gasteiger partial charge is 0.411 e. The van der Waals surface area contributed by atoms with Crippen LogP contribution in [0.3, 0.4) is 0 Å². The van der Waals surface area contributed by atoms with Crippen LogP contribution < -0.4 is 0 Å². The zero-order valence-corrected chi connectivity index (χ0v) is 8.38. The van der Waals surface area contributed by atoms with E-state index in [-0.39, 0.29) is 0 Å². The molecule has 68 valence electrons. The van der Waals surface area contributed by atoms with Crippen LogP contribution in [-0.4, -0.2) is 27.0 Å². The van der Waals surface area contributed by atoms with Gasteiger partial charge in [0.1, 0.15) is 5.71 Å². The van der Waals surface area contributed by atoms with Crippen molar-refractivity contribution in [3.05, 3.63) is 24.4 Å². The second-order valence-corrected chi connectivity index (χ2v) is 3.40. The summed E-state index contributed by atoms with van der Waals surface area (Å²) in [6, 6.07) is 5.65. The summed E-state index contributed by atoms with van der Waals surface area (Å²) in [7, 11) is 0. The smallest absolute Gasteiger partial charge is 0.101 e. The van der Waals surface area contributed by atoms with Gasteiger partial charge in [-0.05, 0) is 12.1 Å². The SMILES string of the molecule is O/N=C(/C=S)CSc1ccccn1. The first-order chi connectivity index (χ1) is 6.36. The fourth-order valence-corrected chi connectivity index (χ4v) is 1.65. The number of rotatable bonds is 4. The molecule has 1 rings (SSSR count). The van der Waals surface area contributed by atoms with Gasteiger partial charge in [-0.15, -0.1) is 0 Å². The quantitative estimate of drug-likeness (QED) is 0.272. The molecule has 0 saturated carbocycles. The van der Waals surface area contributed by atoms with Crippen LogP contribution in [0.25, 0.3) is 0 Å². The summed E-state index contributed by atoms with van der Waals surface area (Å²) >= 11 is 6.12. The van der Waals surface area contributed by atoms with E-state index in [2.05, 4.69) is 22.4 Å². The van der Waals surface area contributed by atoms with Gasteiger partial charge in [-0.25, -0.2) is 4.98 Å². The molecule has 0 aliphatic carbocycles. The summed E-state index contributed by atoms with van der Waals surface area (Å²) in [6.07, 6.45) is 1.72. The zero-order valence-electron chi connectivity index (χ0n) is 6.75. The van der Waals surface area contributed by atoms with E-state index in [9.17, 15) is 0 Å². The van der Waals surface area contributed by atoms with Gasteiger partial charge in [0.2, 0.25) is 0 Å². The van der Waals surface area contributed by atoms with Gasteiger partial charge in [-0.3, -0.25) is 0 Å². The Labute approximate surface area is 85.9 Å². The lowest BCUT2D eigenvalue weighted by Gasteiger charge is -1.97. The highest BCUT2D eigenvalue weighted by molar-refractivity contribution is 8.00. The second-order valence-electron chi connectivity index (χ2n) is 2.17. The molecular weight excluding hydrogens is 204 g/mol. The van der Waals surface area contributed by atoms with Gasteiger partial charge in [0.05, 0.1) is 5.03 Å². The molecule has 1 heterocycles. The summed E-state index contributed by atoms with van der Waals surface area (Å²) in [5, 5.41) is 13.7. The van der Waals surface area contributed by atoms with Crippen LogP contribution in [0.5, 0.6) is 0 Å². The average Bonchev–Trinajstić information content (AvgIpc) is 2.21. The summed E-state index contributed by atoms with van der Waals surface area (Å²) in [5.41, 5.74) is 0.477. The van der Waals surface area contributed by atoms with Gasteiger partial charge in [-0.2, -0.15) is 0 Å². The molecule has 0 aliphatic heterocycles. The Bertz CT molecular complexity index is 300. The van der Waals surface area contributed by atoms with Crippen LogP contribution in [0.4, 0.5) is 0 Å². The van der Waals surface area contributed by atoms with Gasteiger partial charge >= 0.3 is 0 Å². The highest BCUT2D eigenvalue weighted by atomic mass is 32.2. The van der Waals surface area contributed by atoms with E-state index in [1.165, 1.54) is 17.1 Å². The molecule has 0 atom stereocenters. The summed E-state index contributed by atoms with van der Waals surface area (Å²) in [6.45, 7) is 0. The molecule has 0 saturated heterocycles. The highest BCUT2D eigenvalue weighted by Crippen LogP contribution is 2.13. The summed E-state index contributed by atoms with van der Waals surface area (Å²) in [4.78, 5) is 4.10. The maximum atomic E-state index is 8.46. The van der Waals surface area contributed by atoms with E-state index in [1.54, 1.807) is 6.20 Å². The van der Waals surface area contributed by atoms with Crippen LogP contribution in [0.2, 0.25) is 0 Å². The van der Waals surface area contributed by atoms with Crippen molar-refractivity contribution in [3.63, 3.8) is 0 Å². The minimum atomic E-state index is 0.477. The van der Waals surface area contributed by atoms with Gasteiger partial charge in [0.15, 0.2) is 0 Å². The Morgan fingerprint density at radius 3 is 3.08 bits per heavy atom. The van der Waals surface area contributed by atoms with E-state index >= 15 is 0 Å². The maximum Gasteiger partial charge on any atom is 0.101 e. The van der Waals surface area contributed by atoms with Crippen molar-refractivity contribution in [2.24, 2.45) is 5.16 Å². The minimum absolute atomic E-state index is 0.477. The van der Waals surface area contributed by atoms with E-state index in [4.69, 9.17) is 5.21 Å². The highest BCUT2D eigenvalue weighted by Gasteiger charge is 1.98. The Kier molecular flexibility index (Phi) is 4.42. The topological polar surface area (TPSA) is 45.5 Å². The first-order valence-electron chi connectivity index (χ1n) is 3.56. The maximum absolute atomic E-state index is 8.46. The molecule has 0 aromatic carbocycles. The molecule has 0 aliphatic rings. The van der Waals surface area contributed by atoms with E-state index < -0.39 is 0 Å². The van der Waals surface area contributed by atoms with Gasteiger partial charge in [0, 0.05) is 17.3 Å². The van der Waals surface area contributed by atoms with E-state index in [0.717, 1.165) is 5.03 Å². The van der Waals surface area contributed by atoms with Crippen molar-refractivity contribution in [2.45, 2.75) is 5.03 Å². The molecule has 0 fully saturated rings. The number of thioether (sulfide) groups is 1. The number of oxime groups is 1. The average molecular weight is 212 g/mol. The molecule has 0 unspecified atom stereocenters. The molecule has 5 heteroatoms. The van der Waals surface area contributed by atoms with Crippen molar-refractivity contribution in [1.29, 1.82) is 0 Å². The van der Waals surface area contributed by atoms with Crippen LogP contribution in [-0.2, 0) is 0 Å². The second kappa shape index (κ2) is 5.66. The first-order valence-corrected chi connectivity index (χ1v) is 5.02. The molecule has 3 nitrogen and oxygen atoms in total. The number of pyridine rings is 1. The molecular formula is C8H8N2OS2. The molecule has 13 heavy (non-hydrogen) atoms. The Morgan fingerprint density at radius 1 is 1.69 bits per heavy atom. The Hall–Kier alpha value is -0.940. The summed E-state index contributed by atoms with van der Waals surface area (Å²) < 4.78 is 0. The molecule has 0 bridgehead atoms. The first kappa shape index (κ1) is 10.1. The Morgan fingerprint density at radius 2 is 2.54 bits per heavy atom. The van der Waals surface area contributed by atoms with Crippen LogP contribution in [0.15, 0.2) is 34.6 Å². The van der Waals surface area contributed by atoms with E-state index in [1.807, 2.05) is 18.2 Å². The lowest BCUT2D eigenvalue weighted by atomic mass is 10.5. The Balaban J connectivity index is 2.48. The van der Waals surface area contributed by atoms with Crippen LogP contribution in [0, 0.1) is 0 Å². The fourth-order valence-electron chi connectivity index (χ4n) is 0.667. The van der Waals surface area contributed by atoms with Crippen molar-refractivity contribution in [3.8, 4) is 0 Å². The van der Waals surface area contributed by atoms with Gasteiger partial charge < -0.3 is 5.21 Å². The molecule has 0 radical (unpaired) electrons. The third-order valence-electron chi connectivity index (χ3n) is 1.27. The standard InChI is InChI=1S/C8H8N2OS2/c11-10-7(5-12)6-13-8-3-1-2-4-9-8/h1-5,11H,6H2/b10-7-. The molecule has 1 aromatic rings. The predicted molar refractivity (Wildman–Crippen MR) is 57.8 cm³/mol. The molecule has 0 amide bonds. The third kappa shape index (κ3) is 3.52. The molecule has 0 spiro atoms. The van der Waals surface area contributed by atoms with Crippen molar-refractivity contribution in [1.82, 2.24) is 4.98 Å². The number of hydrogen-bond donors (Lipinski definition) is 1. The molecule has 1 aromatic heterocycles.